The van der Waals surface area contributed by atoms with Crippen molar-refractivity contribution >= 4 is 40.3 Å². The molecule has 6 nitrogen and oxygen atoms in total. The first kappa shape index (κ1) is 29.4. The molecule has 1 heterocycles. The van der Waals surface area contributed by atoms with Crippen molar-refractivity contribution in [2.75, 3.05) is 6.61 Å². The fourth-order valence-electron chi connectivity index (χ4n) is 4.69. The van der Waals surface area contributed by atoms with Crippen LogP contribution in [-0.4, -0.2) is 22.5 Å². The molecule has 0 atom stereocenters. The molecule has 0 saturated carbocycles. The van der Waals surface area contributed by atoms with Gasteiger partial charge in [-0.05, 0) is 85.0 Å². The molecule has 0 bridgehead atoms. The maximum Gasteiger partial charge on any atom is 0.282 e. The third-order valence-corrected chi connectivity index (χ3v) is 7.56. The molecule has 0 unspecified atom stereocenters. The van der Waals surface area contributed by atoms with Crippen LogP contribution in [-0.2, 0) is 6.61 Å². The Morgan fingerprint density at radius 2 is 1.69 bits per heavy atom. The van der Waals surface area contributed by atoms with Gasteiger partial charge in [0.15, 0.2) is 5.82 Å². The van der Waals surface area contributed by atoms with Gasteiger partial charge in [0.25, 0.3) is 5.56 Å². The molecule has 0 aliphatic heterocycles. The summed E-state index contributed by atoms with van der Waals surface area (Å²) in [6.45, 7) is 9.03. The summed E-state index contributed by atoms with van der Waals surface area (Å²) in [4.78, 5) is 18.6. The summed E-state index contributed by atoms with van der Waals surface area (Å²) in [5.41, 5.74) is 4.67. The van der Waals surface area contributed by atoms with Crippen LogP contribution in [0, 0.1) is 6.92 Å². The van der Waals surface area contributed by atoms with Gasteiger partial charge in [0.2, 0.25) is 0 Å². The third kappa shape index (κ3) is 6.20. The van der Waals surface area contributed by atoms with Crippen LogP contribution in [0.4, 0.5) is 0 Å². The van der Waals surface area contributed by atoms with E-state index in [0.29, 0.717) is 44.7 Å². The van der Waals surface area contributed by atoms with Crippen LogP contribution >= 0.6 is 23.2 Å². The van der Waals surface area contributed by atoms with E-state index in [2.05, 4.69) is 25.0 Å². The zero-order valence-electron chi connectivity index (χ0n) is 23.9. The summed E-state index contributed by atoms with van der Waals surface area (Å²) in [7, 11) is 0. The topological polar surface area (TPSA) is 65.7 Å². The number of para-hydroxylation sites is 1. The van der Waals surface area contributed by atoms with Crippen molar-refractivity contribution in [3.8, 4) is 22.9 Å². The van der Waals surface area contributed by atoms with Gasteiger partial charge >= 0.3 is 0 Å². The van der Waals surface area contributed by atoms with Gasteiger partial charge in [0.1, 0.15) is 18.1 Å². The van der Waals surface area contributed by atoms with Gasteiger partial charge in [-0.25, -0.2) is 4.98 Å². The molecule has 5 aromatic rings. The number of benzene rings is 4. The van der Waals surface area contributed by atoms with Crippen LogP contribution in [0.5, 0.6) is 11.5 Å². The molecule has 1 aromatic heterocycles. The lowest BCUT2D eigenvalue weighted by atomic mass is 9.96. The number of hydrogen-bond acceptors (Lipinski definition) is 5. The van der Waals surface area contributed by atoms with E-state index in [1.165, 1.54) is 4.68 Å². The highest BCUT2D eigenvalue weighted by Gasteiger charge is 2.18. The van der Waals surface area contributed by atoms with Gasteiger partial charge in [-0.2, -0.15) is 9.78 Å². The first-order valence-electron chi connectivity index (χ1n) is 13.8. The van der Waals surface area contributed by atoms with Crippen molar-refractivity contribution < 1.29 is 9.47 Å². The molecule has 4 aromatic carbocycles. The van der Waals surface area contributed by atoms with Crippen LogP contribution in [0.1, 0.15) is 48.9 Å². The summed E-state index contributed by atoms with van der Waals surface area (Å²) in [6.07, 6.45) is 1.60. The standard InChI is InChI=1S/C34H31Cl2N3O3/c1-5-41-32-16-22(4)27(18-26(32)21(2)3)33-38-30-13-9-7-11-25(30)34(40)39(33)37-19-23-14-15-31(29(36)17-23)42-20-24-10-6-8-12-28(24)35/h6-19,21H,5,20H2,1-4H3. The van der Waals surface area contributed by atoms with Crippen molar-refractivity contribution in [1.82, 2.24) is 9.66 Å². The SMILES string of the molecule is CCOc1cc(C)c(-c2nc3ccccc3c(=O)n2N=Cc2ccc(OCc3ccccc3Cl)c(Cl)c2)cc1C(C)C. The Morgan fingerprint density at radius 1 is 0.929 bits per heavy atom. The maximum atomic E-state index is 13.7. The number of aryl methyl sites for hydroxylation is 1. The van der Waals surface area contributed by atoms with Crippen molar-refractivity contribution in [2.45, 2.75) is 40.2 Å². The van der Waals surface area contributed by atoms with E-state index in [-0.39, 0.29) is 18.1 Å². The van der Waals surface area contributed by atoms with Gasteiger partial charge < -0.3 is 9.47 Å². The lowest BCUT2D eigenvalue weighted by molar-refractivity contribution is 0.306. The minimum atomic E-state index is -0.267. The highest BCUT2D eigenvalue weighted by atomic mass is 35.5. The van der Waals surface area contributed by atoms with Gasteiger partial charge in [-0.1, -0.05) is 67.4 Å². The normalized spacial score (nSPS) is 11.5. The fraction of sp³-hybridized carbons (Fsp3) is 0.206. The van der Waals surface area contributed by atoms with E-state index in [1.54, 1.807) is 24.4 Å². The molecule has 0 saturated heterocycles. The molecular weight excluding hydrogens is 569 g/mol. The molecule has 42 heavy (non-hydrogen) atoms. The predicted molar refractivity (Wildman–Crippen MR) is 172 cm³/mol. The lowest BCUT2D eigenvalue weighted by Gasteiger charge is -2.18. The van der Waals surface area contributed by atoms with Crippen LogP contribution in [0.2, 0.25) is 10.0 Å². The molecule has 214 valence electrons. The number of aromatic nitrogens is 2. The number of ether oxygens (including phenoxy) is 2. The zero-order chi connectivity index (χ0) is 29.8. The van der Waals surface area contributed by atoms with Gasteiger partial charge in [0.05, 0.1) is 28.7 Å². The van der Waals surface area contributed by atoms with Crippen LogP contribution in [0.15, 0.2) is 88.8 Å². The largest absolute Gasteiger partial charge is 0.494 e. The maximum absolute atomic E-state index is 13.7. The van der Waals surface area contributed by atoms with Crippen LogP contribution in [0.3, 0.4) is 0 Å². The highest BCUT2D eigenvalue weighted by Crippen LogP contribution is 2.34. The molecular formula is C34H31Cl2N3O3. The molecule has 0 N–H and O–H groups in total. The van der Waals surface area contributed by atoms with Crippen LogP contribution < -0.4 is 15.0 Å². The zero-order valence-corrected chi connectivity index (χ0v) is 25.4. The number of nitrogens with zero attached hydrogens (tertiary/aromatic N) is 3. The lowest BCUT2D eigenvalue weighted by Crippen LogP contribution is -2.20. The Hall–Kier alpha value is -4.13. The minimum absolute atomic E-state index is 0.204. The van der Waals surface area contributed by atoms with Crippen LogP contribution in [0.25, 0.3) is 22.3 Å². The van der Waals surface area contributed by atoms with Gasteiger partial charge in [-0.15, -0.1) is 0 Å². The number of halogens is 2. The molecule has 0 aliphatic carbocycles. The number of fused-ring (bicyclic) bond motifs is 1. The molecule has 0 spiro atoms. The van der Waals surface area contributed by atoms with E-state index in [9.17, 15) is 4.79 Å². The molecule has 0 fully saturated rings. The Morgan fingerprint density at radius 3 is 2.43 bits per heavy atom. The molecule has 0 radical (unpaired) electrons. The molecule has 8 heteroatoms. The summed E-state index contributed by atoms with van der Waals surface area (Å²) in [6, 6.07) is 24.2. The second kappa shape index (κ2) is 12.8. The summed E-state index contributed by atoms with van der Waals surface area (Å²) < 4.78 is 13.2. The average molecular weight is 601 g/mol. The predicted octanol–water partition coefficient (Wildman–Crippen LogP) is 8.66. The molecule has 5 rings (SSSR count). The van der Waals surface area contributed by atoms with E-state index in [0.717, 1.165) is 28.0 Å². The summed E-state index contributed by atoms with van der Waals surface area (Å²) in [5.74, 6) is 2.00. The number of rotatable bonds is 9. The highest BCUT2D eigenvalue weighted by molar-refractivity contribution is 6.32. The second-order valence-electron chi connectivity index (χ2n) is 10.2. The van der Waals surface area contributed by atoms with Crippen molar-refractivity contribution in [3.63, 3.8) is 0 Å². The first-order valence-corrected chi connectivity index (χ1v) is 14.5. The average Bonchev–Trinajstić information content (AvgIpc) is 2.97. The first-order chi connectivity index (χ1) is 20.3. The Bertz CT molecular complexity index is 1850. The van der Waals surface area contributed by atoms with Gasteiger partial charge in [-0.3, -0.25) is 4.79 Å². The monoisotopic (exact) mass is 599 g/mol. The van der Waals surface area contributed by atoms with Gasteiger partial charge in [0, 0.05) is 16.1 Å². The van der Waals surface area contributed by atoms with Crippen molar-refractivity contribution in [3.05, 3.63) is 122 Å². The summed E-state index contributed by atoms with van der Waals surface area (Å²) >= 11 is 12.8. The quantitative estimate of drug-likeness (QED) is 0.159. The van der Waals surface area contributed by atoms with E-state index in [1.807, 2.05) is 68.4 Å². The Balaban J connectivity index is 1.54. The Kier molecular flexibility index (Phi) is 8.95. The third-order valence-electron chi connectivity index (χ3n) is 6.89. The van der Waals surface area contributed by atoms with E-state index < -0.39 is 0 Å². The minimum Gasteiger partial charge on any atom is -0.494 e. The smallest absolute Gasteiger partial charge is 0.282 e. The summed E-state index contributed by atoms with van der Waals surface area (Å²) in [5, 5.41) is 6.15. The molecule has 0 aliphatic rings. The number of hydrogen-bond donors (Lipinski definition) is 0. The fourth-order valence-corrected chi connectivity index (χ4v) is 5.12. The van der Waals surface area contributed by atoms with E-state index in [4.69, 9.17) is 37.7 Å². The molecule has 0 amide bonds. The van der Waals surface area contributed by atoms with E-state index >= 15 is 0 Å². The van der Waals surface area contributed by atoms with Crippen molar-refractivity contribution in [1.29, 1.82) is 0 Å². The van der Waals surface area contributed by atoms with Crippen molar-refractivity contribution in [2.24, 2.45) is 5.10 Å². The second-order valence-corrected chi connectivity index (χ2v) is 11.0. The Labute approximate surface area is 255 Å².